The first-order valence-corrected chi connectivity index (χ1v) is 3.68. The molecule has 66 valence electrons. The number of hydrogen-bond acceptors (Lipinski definition) is 6. The number of aromatic hydroxyl groups is 2. The number of aliphatic hydroxyl groups is 1. The summed E-state index contributed by atoms with van der Waals surface area (Å²) in [7, 11) is 0. The third-order valence-corrected chi connectivity index (χ3v) is 1.51. The zero-order chi connectivity index (χ0) is 9.14. The molecule has 0 saturated carbocycles. The monoisotopic (exact) mass is 188 g/mol. The molecule has 0 unspecified atom stereocenters. The Hall–Kier alpha value is -1.01. The van der Waals surface area contributed by atoms with Gasteiger partial charge in [-0.1, -0.05) is 0 Å². The van der Waals surface area contributed by atoms with E-state index in [-0.39, 0.29) is 35.5 Å². The second kappa shape index (κ2) is 3.59. The van der Waals surface area contributed by atoms with Crippen LogP contribution in [0.2, 0.25) is 0 Å². The number of aromatic nitrogens is 2. The van der Waals surface area contributed by atoms with Crippen molar-refractivity contribution in [2.45, 2.75) is 11.6 Å². The minimum absolute atomic E-state index is 0.00769. The van der Waals surface area contributed by atoms with Gasteiger partial charge in [0.05, 0.1) is 5.56 Å². The van der Waals surface area contributed by atoms with E-state index >= 15 is 0 Å². The maximum Gasteiger partial charge on any atom is 0.222 e. The highest BCUT2D eigenvalue weighted by Crippen LogP contribution is 2.23. The Balaban J connectivity index is 3.10. The van der Waals surface area contributed by atoms with Gasteiger partial charge >= 0.3 is 0 Å². The SMILES string of the molecule is OCCc1c(O)nc(S)nc1O. The van der Waals surface area contributed by atoms with Crippen molar-refractivity contribution >= 4 is 12.6 Å². The standard InChI is InChI=1S/C6H8N2O3S/c9-2-1-3-4(10)7-6(12)8-5(3)11/h9H,1-2H2,(H3,7,8,10,11,12). The summed E-state index contributed by atoms with van der Waals surface area (Å²) in [5.41, 5.74) is 0.135. The Bertz CT molecular complexity index is 269. The summed E-state index contributed by atoms with van der Waals surface area (Å²) in [5, 5.41) is 26.8. The lowest BCUT2D eigenvalue weighted by Crippen LogP contribution is -1.96. The van der Waals surface area contributed by atoms with Crippen LogP contribution in [0.3, 0.4) is 0 Å². The summed E-state index contributed by atoms with van der Waals surface area (Å²) in [6.07, 6.45) is 0.117. The zero-order valence-corrected chi connectivity index (χ0v) is 6.99. The van der Waals surface area contributed by atoms with E-state index < -0.39 is 0 Å². The number of aliphatic hydroxyl groups excluding tert-OH is 1. The molecule has 0 bridgehead atoms. The molecule has 1 rings (SSSR count). The highest BCUT2D eigenvalue weighted by Gasteiger charge is 2.10. The van der Waals surface area contributed by atoms with Crippen molar-refractivity contribution in [3.63, 3.8) is 0 Å². The number of hydrogen-bond donors (Lipinski definition) is 4. The number of rotatable bonds is 2. The molecule has 0 aliphatic heterocycles. The fraction of sp³-hybridized carbons (Fsp3) is 0.333. The molecule has 0 aromatic carbocycles. The summed E-state index contributed by atoms with van der Waals surface area (Å²) in [5.74, 6) is -0.692. The van der Waals surface area contributed by atoms with Crippen LogP contribution in [-0.2, 0) is 6.42 Å². The Morgan fingerprint density at radius 2 is 1.67 bits per heavy atom. The average Bonchev–Trinajstić information content (AvgIpc) is 1.96. The van der Waals surface area contributed by atoms with E-state index in [0.717, 1.165) is 0 Å². The maximum absolute atomic E-state index is 9.13. The average molecular weight is 188 g/mol. The van der Waals surface area contributed by atoms with Crippen molar-refractivity contribution in [2.24, 2.45) is 0 Å². The quantitative estimate of drug-likeness (QED) is 0.378. The lowest BCUT2D eigenvalue weighted by molar-refractivity contribution is 0.292. The molecule has 0 spiro atoms. The van der Waals surface area contributed by atoms with Crippen LogP contribution in [0.4, 0.5) is 0 Å². The molecule has 1 heterocycles. The molecule has 0 aliphatic carbocycles. The Kier molecular flexibility index (Phi) is 2.72. The highest BCUT2D eigenvalue weighted by atomic mass is 32.1. The van der Waals surface area contributed by atoms with Crippen molar-refractivity contribution in [1.29, 1.82) is 0 Å². The molecule has 0 aliphatic rings. The maximum atomic E-state index is 9.13. The van der Waals surface area contributed by atoms with Gasteiger partial charge < -0.3 is 15.3 Å². The first-order chi connectivity index (χ1) is 5.65. The molecule has 0 saturated heterocycles. The first-order valence-electron chi connectivity index (χ1n) is 3.24. The van der Waals surface area contributed by atoms with Crippen molar-refractivity contribution in [2.75, 3.05) is 6.61 Å². The second-order valence-corrected chi connectivity index (χ2v) is 2.52. The van der Waals surface area contributed by atoms with Gasteiger partial charge in [-0.3, -0.25) is 0 Å². The van der Waals surface area contributed by atoms with Gasteiger partial charge in [0.1, 0.15) is 0 Å². The normalized spacial score (nSPS) is 10.2. The summed E-state index contributed by atoms with van der Waals surface area (Å²) in [6, 6.07) is 0. The summed E-state index contributed by atoms with van der Waals surface area (Å²) in [4.78, 5) is 6.98. The van der Waals surface area contributed by atoms with E-state index in [1.54, 1.807) is 0 Å². The van der Waals surface area contributed by atoms with Crippen LogP contribution in [0.25, 0.3) is 0 Å². The lowest BCUT2D eigenvalue weighted by Gasteiger charge is -2.03. The van der Waals surface area contributed by atoms with Crippen LogP contribution < -0.4 is 0 Å². The Morgan fingerprint density at radius 1 is 1.17 bits per heavy atom. The van der Waals surface area contributed by atoms with Crippen molar-refractivity contribution in [3.05, 3.63) is 5.56 Å². The van der Waals surface area contributed by atoms with Crippen LogP contribution in [0.15, 0.2) is 5.16 Å². The molecular weight excluding hydrogens is 180 g/mol. The van der Waals surface area contributed by atoms with Crippen LogP contribution in [0.1, 0.15) is 5.56 Å². The molecular formula is C6H8N2O3S. The van der Waals surface area contributed by atoms with Gasteiger partial charge in [-0.25, -0.2) is 0 Å². The molecule has 0 amide bonds. The molecule has 0 atom stereocenters. The molecule has 6 heteroatoms. The largest absolute Gasteiger partial charge is 0.493 e. The van der Waals surface area contributed by atoms with Gasteiger partial charge in [0.15, 0.2) is 5.16 Å². The van der Waals surface area contributed by atoms with Gasteiger partial charge in [0, 0.05) is 13.0 Å². The minimum atomic E-state index is -0.346. The fourth-order valence-corrected chi connectivity index (χ4v) is 0.974. The van der Waals surface area contributed by atoms with Gasteiger partial charge in [-0.05, 0) is 0 Å². The number of thiol groups is 1. The van der Waals surface area contributed by atoms with Gasteiger partial charge in [-0.15, -0.1) is 12.6 Å². The smallest absolute Gasteiger partial charge is 0.222 e. The third kappa shape index (κ3) is 1.77. The Labute approximate surface area is 74.1 Å². The van der Waals surface area contributed by atoms with E-state index in [9.17, 15) is 0 Å². The van der Waals surface area contributed by atoms with E-state index in [4.69, 9.17) is 15.3 Å². The van der Waals surface area contributed by atoms with Crippen molar-refractivity contribution < 1.29 is 15.3 Å². The second-order valence-electron chi connectivity index (χ2n) is 2.12. The highest BCUT2D eigenvalue weighted by molar-refractivity contribution is 7.80. The van der Waals surface area contributed by atoms with E-state index in [2.05, 4.69) is 22.6 Å². The van der Waals surface area contributed by atoms with Crippen LogP contribution in [-0.4, -0.2) is 31.9 Å². The first kappa shape index (κ1) is 9.08. The van der Waals surface area contributed by atoms with Crippen LogP contribution in [0.5, 0.6) is 11.8 Å². The zero-order valence-electron chi connectivity index (χ0n) is 6.10. The topological polar surface area (TPSA) is 86.5 Å². The predicted octanol–water partition coefficient (Wildman–Crippen LogP) is -0.289. The third-order valence-electron chi connectivity index (χ3n) is 1.31. The molecule has 0 radical (unpaired) electrons. The fourth-order valence-electron chi connectivity index (χ4n) is 0.785. The van der Waals surface area contributed by atoms with Gasteiger partial charge in [-0.2, -0.15) is 9.97 Å². The molecule has 12 heavy (non-hydrogen) atoms. The van der Waals surface area contributed by atoms with Crippen molar-refractivity contribution in [3.8, 4) is 11.8 Å². The molecule has 1 aromatic rings. The summed E-state index contributed by atoms with van der Waals surface area (Å²) < 4.78 is 0. The molecule has 3 N–H and O–H groups in total. The minimum Gasteiger partial charge on any atom is -0.493 e. The van der Waals surface area contributed by atoms with E-state index in [1.807, 2.05) is 0 Å². The van der Waals surface area contributed by atoms with Crippen molar-refractivity contribution in [1.82, 2.24) is 9.97 Å². The van der Waals surface area contributed by atoms with E-state index in [0.29, 0.717) is 0 Å². The molecule has 1 aromatic heterocycles. The molecule has 5 nitrogen and oxygen atoms in total. The van der Waals surface area contributed by atoms with Gasteiger partial charge in [0.25, 0.3) is 0 Å². The van der Waals surface area contributed by atoms with Crippen LogP contribution in [0, 0.1) is 0 Å². The lowest BCUT2D eigenvalue weighted by atomic mass is 10.2. The summed E-state index contributed by atoms with van der Waals surface area (Å²) >= 11 is 3.73. The number of nitrogens with zero attached hydrogens (tertiary/aromatic N) is 2. The van der Waals surface area contributed by atoms with E-state index in [1.165, 1.54) is 0 Å². The predicted molar refractivity (Wildman–Crippen MR) is 43.4 cm³/mol. The van der Waals surface area contributed by atoms with Crippen LogP contribution >= 0.6 is 12.6 Å². The Morgan fingerprint density at radius 3 is 2.08 bits per heavy atom. The van der Waals surface area contributed by atoms with Gasteiger partial charge in [0.2, 0.25) is 11.8 Å². The summed E-state index contributed by atoms with van der Waals surface area (Å²) in [6.45, 7) is -0.184. The molecule has 0 fully saturated rings.